The van der Waals surface area contributed by atoms with Gasteiger partial charge in [-0.1, -0.05) is 12.1 Å². The highest BCUT2D eigenvalue weighted by Crippen LogP contribution is 2.36. The van der Waals surface area contributed by atoms with Gasteiger partial charge in [0.05, 0.1) is 26.3 Å². The van der Waals surface area contributed by atoms with Crippen molar-refractivity contribution in [2.24, 2.45) is 0 Å². The maximum atomic E-state index is 12.3. The standard InChI is InChI=1S/C18H21N3O4/c1-3-24-16(22)12-20-10-8-18(9-11-20)13-21(17(23)25-18)15-6-4-14(19-2)5-7-15/h4-7H,3,8-13H2,1H3. The number of amides is 1. The Morgan fingerprint density at radius 3 is 2.60 bits per heavy atom. The van der Waals surface area contributed by atoms with Crippen molar-refractivity contribution in [2.75, 3.05) is 37.7 Å². The SMILES string of the molecule is [C-]#[N+]c1ccc(N2CC3(CCN(CC(=O)OCC)CC3)OC2=O)cc1. The maximum Gasteiger partial charge on any atom is 0.415 e. The molecule has 1 spiro atoms. The molecule has 2 fully saturated rings. The number of piperidine rings is 1. The molecule has 0 bridgehead atoms. The van der Waals surface area contributed by atoms with Gasteiger partial charge >= 0.3 is 12.1 Å². The fourth-order valence-electron chi connectivity index (χ4n) is 3.30. The minimum Gasteiger partial charge on any atom is -0.465 e. The lowest BCUT2D eigenvalue weighted by Gasteiger charge is -2.36. The third-order valence-corrected chi connectivity index (χ3v) is 4.69. The molecule has 2 aliphatic heterocycles. The van der Waals surface area contributed by atoms with Crippen LogP contribution in [0.1, 0.15) is 19.8 Å². The molecule has 0 N–H and O–H groups in total. The monoisotopic (exact) mass is 343 g/mol. The van der Waals surface area contributed by atoms with Gasteiger partial charge in [-0.15, -0.1) is 0 Å². The van der Waals surface area contributed by atoms with Gasteiger partial charge in [0.15, 0.2) is 5.69 Å². The number of carbonyl (C=O) groups excluding carboxylic acids is 2. The summed E-state index contributed by atoms with van der Waals surface area (Å²) in [5, 5.41) is 0. The van der Waals surface area contributed by atoms with E-state index in [9.17, 15) is 9.59 Å². The van der Waals surface area contributed by atoms with Crippen molar-refractivity contribution in [3.05, 3.63) is 35.7 Å². The van der Waals surface area contributed by atoms with Gasteiger partial charge in [0.25, 0.3) is 0 Å². The number of rotatable bonds is 4. The van der Waals surface area contributed by atoms with Crippen molar-refractivity contribution in [1.29, 1.82) is 0 Å². The molecule has 1 aromatic rings. The van der Waals surface area contributed by atoms with E-state index in [1.165, 1.54) is 0 Å². The Hall–Kier alpha value is -2.59. The normalized spacial score (nSPS) is 19.5. The third-order valence-electron chi connectivity index (χ3n) is 4.69. The molecular formula is C18H21N3O4. The summed E-state index contributed by atoms with van der Waals surface area (Å²) in [5.41, 5.74) is 0.780. The molecule has 3 rings (SSSR count). The van der Waals surface area contributed by atoms with Crippen LogP contribution >= 0.6 is 0 Å². The average molecular weight is 343 g/mol. The van der Waals surface area contributed by atoms with Crippen LogP contribution in [0.25, 0.3) is 4.85 Å². The number of esters is 1. The fourth-order valence-corrected chi connectivity index (χ4v) is 3.30. The van der Waals surface area contributed by atoms with E-state index in [0.717, 1.165) is 5.69 Å². The zero-order chi connectivity index (χ0) is 17.9. The first-order valence-corrected chi connectivity index (χ1v) is 8.41. The molecule has 132 valence electrons. The van der Waals surface area contributed by atoms with Crippen LogP contribution in [0, 0.1) is 6.57 Å². The van der Waals surface area contributed by atoms with Gasteiger partial charge in [0, 0.05) is 31.6 Å². The Morgan fingerprint density at radius 2 is 2.00 bits per heavy atom. The molecule has 2 heterocycles. The second-order valence-corrected chi connectivity index (χ2v) is 6.35. The van der Waals surface area contributed by atoms with E-state index in [1.54, 1.807) is 36.1 Å². The summed E-state index contributed by atoms with van der Waals surface area (Å²) in [4.78, 5) is 30.9. The molecule has 0 unspecified atom stereocenters. The topological polar surface area (TPSA) is 63.4 Å². The molecule has 0 saturated carbocycles. The van der Waals surface area contributed by atoms with Crippen molar-refractivity contribution < 1.29 is 19.1 Å². The van der Waals surface area contributed by atoms with Gasteiger partial charge < -0.3 is 9.47 Å². The first kappa shape index (κ1) is 17.2. The molecule has 0 aromatic heterocycles. The second-order valence-electron chi connectivity index (χ2n) is 6.35. The van der Waals surface area contributed by atoms with E-state index in [2.05, 4.69) is 4.85 Å². The Bertz CT molecular complexity index is 687. The van der Waals surface area contributed by atoms with Crippen molar-refractivity contribution in [2.45, 2.75) is 25.4 Å². The van der Waals surface area contributed by atoms with Gasteiger partial charge in [0.1, 0.15) is 5.60 Å². The number of hydrogen-bond acceptors (Lipinski definition) is 5. The van der Waals surface area contributed by atoms with Crippen LogP contribution in [0.5, 0.6) is 0 Å². The predicted octanol–water partition coefficient (Wildman–Crippen LogP) is 2.59. The van der Waals surface area contributed by atoms with Crippen LogP contribution in [0.2, 0.25) is 0 Å². The molecule has 25 heavy (non-hydrogen) atoms. The number of benzene rings is 1. The molecule has 2 saturated heterocycles. The fraction of sp³-hybridized carbons (Fsp3) is 0.500. The minimum atomic E-state index is -0.499. The van der Waals surface area contributed by atoms with E-state index >= 15 is 0 Å². The smallest absolute Gasteiger partial charge is 0.415 e. The molecular weight excluding hydrogens is 322 g/mol. The quantitative estimate of drug-likeness (QED) is 0.621. The second kappa shape index (κ2) is 7.11. The van der Waals surface area contributed by atoms with E-state index in [1.807, 2.05) is 4.90 Å². The number of carbonyl (C=O) groups is 2. The molecule has 1 aromatic carbocycles. The summed E-state index contributed by atoms with van der Waals surface area (Å²) < 4.78 is 10.7. The van der Waals surface area contributed by atoms with Gasteiger partial charge in [-0.25, -0.2) is 9.64 Å². The lowest BCUT2D eigenvalue weighted by atomic mass is 9.91. The van der Waals surface area contributed by atoms with Gasteiger partial charge in [-0.05, 0) is 19.1 Å². The highest BCUT2D eigenvalue weighted by Gasteiger charge is 2.47. The third kappa shape index (κ3) is 3.74. The van der Waals surface area contributed by atoms with Crippen molar-refractivity contribution in [3.63, 3.8) is 0 Å². The molecule has 0 aliphatic carbocycles. The zero-order valence-corrected chi connectivity index (χ0v) is 14.2. The van der Waals surface area contributed by atoms with E-state index < -0.39 is 5.60 Å². The van der Waals surface area contributed by atoms with Crippen molar-refractivity contribution >= 4 is 23.4 Å². The Morgan fingerprint density at radius 1 is 1.32 bits per heavy atom. The molecule has 0 radical (unpaired) electrons. The van der Waals surface area contributed by atoms with Crippen LogP contribution in [0.3, 0.4) is 0 Å². The summed E-state index contributed by atoms with van der Waals surface area (Å²) >= 11 is 0. The lowest BCUT2D eigenvalue weighted by molar-refractivity contribution is -0.145. The Balaban J connectivity index is 1.61. The molecule has 1 amide bonds. The van der Waals surface area contributed by atoms with Gasteiger partial charge in [-0.2, -0.15) is 0 Å². The summed E-state index contributed by atoms with van der Waals surface area (Å²) in [6.45, 7) is 11.3. The maximum absolute atomic E-state index is 12.3. The van der Waals surface area contributed by atoms with Crippen LogP contribution in [-0.4, -0.2) is 55.3 Å². The number of ether oxygens (including phenoxy) is 2. The van der Waals surface area contributed by atoms with E-state index in [4.69, 9.17) is 16.0 Å². The largest absolute Gasteiger partial charge is 0.465 e. The van der Waals surface area contributed by atoms with Gasteiger partial charge in [0.2, 0.25) is 0 Å². The minimum absolute atomic E-state index is 0.219. The predicted molar refractivity (Wildman–Crippen MR) is 91.6 cm³/mol. The van der Waals surface area contributed by atoms with E-state index in [-0.39, 0.29) is 18.6 Å². The lowest BCUT2D eigenvalue weighted by Crippen LogP contribution is -2.48. The molecule has 7 heteroatoms. The van der Waals surface area contributed by atoms with Crippen molar-refractivity contribution in [1.82, 2.24) is 4.90 Å². The summed E-state index contributed by atoms with van der Waals surface area (Å²) in [6.07, 6.45) is 1.03. The molecule has 7 nitrogen and oxygen atoms in total. The van der Waals surface area contributed by atoms with Crippen molar-refractivity contribution in [3.8, 4) is 0 Å². The number of likely N-dealkylation sites (tertiary alicyclic amines) is 1. The molecule has 0 atom stereocenters. The Labute approximate surface area is 146 Å². The Kier molecular flexibility index (Phi) is 4.91. The number of nitrogens with zero attached hydrogens (tertiary/aromatic N) is 3. The summed E-state index contributed by atoms with van der Waals surface area (Å²) in [6, 6.07) is 6.93. The number of anilines is 1. The summed E-state index contributed by atoms with van der Waals surface area (Å²) in [7, 11) is 0. The first-order chi connectivity index (χ1) is 12.0. The first-order valence-electron chi connectivity index (χ1n) is 8.41. The van der Waals surface area contributed by atoms with Gasteiger partial charge in [-0.3, -0.25) is 14.6 Å². The zero-order valence-electron chi connectivity index (χ0n) is 14.2. The average Bonchev–Trinajstić information content (AvgIpc) is 2.94. The van der Waals surface area contributed by atoms with Crippen LogP contribution in [0.15, 0.2) is 24.3 Å². The highest BCUT2D eigenvalue weighted by atomic mass is 16.6. The van der Waals surface area contributed by atoms with Crippen LogP contribution in [0.4, 0.5) is 16.2 Å². The van der Waals surface area contributed by atoms with Crippen LogP contribution < -0.4 is 4.90 Å². The molecule has 2 aliphatic rings. The van der Waals surface area contributed by atoms with Crippen LogP contribution in [-0.2, 0) is 14.3 Å². The highest BCUT2D eigenvalue weighted by molar-refractivity contribution is 5.90. The number of hydrogen-bond donors (Lipinski definition) is 0. The van der Waals surface area contributed by atoms with E-state index in [0.29, 0.717) is 44.8 Å². The summed E-state index contributed by atoms with van der Waals surface area (Å²) in [5.74, 6) is -0.219.